The van der Waals surface area contributed by atoms with Crippen LogP contribution in [0, 0.1) is 34.5 Å². The zero-order valence-corrected chi connectivity index (χ0v) is 18.9. The van der Waals surface area contributed by atoms with Crippen molar-refractivity contribution in [2.45, 2.75) is 89.9 Å². The van der Waals surface area contributed by atoms with Gasteiger partial charge in [0.15, 0.2) is 0 Å². The summed E-state index contributed by atoms with van der Waals surface area (Å²) in [7, 11) is 0. The molecule has 0 unspecified atom stereocenters. The smallest absolute Gasteiger partial charge is 0.0696 e. The molecule has 0 spiro atoms. The number of nitrogens with one attached hydrogen (secondary N) is 1. The third-order valence-electron chi connectivity index (χ3n) is 10.3. The molecular weight excluding hydrogens is 370 g/mol. The molecule has 0 amide bonds. The Morgan fingerprint density at radius 3 is 2.50 bits per heavy atom. The molecule has 3 heteroatoms. The van der Waals surface area contributed by atoms with Gasteiger partial charge in [0.05, 0.1) is 12.2 Å². The fourth-order valence-electron chi connectivity index (χ4n) is 8.53. The van der Waals surface area contributed by atoms with E-state index in [0.29, 0.717) is 17.3 Å². The Morgan fingerprint density at radius 2 is 1.70 bits per heavy atom. The number of benzene rings is 1. The Hall–Kier alpha value is -0.900. The Bertz CT molecular complexity index is 738. The normalized spacial score (nSPS) is 47.9. The van der Waals surface area contributed by atoms with Crippen molar-refractivity contribution in [1.82, 2.24) is 5.32 Å². The van der Waals surface area contributed by atoms with E-state index in [4.69, 9.17) is 0 Å². The topological polar surface area (TPSA) is 52.5 Å². The second-order valence-electron chi connectivity index (χ2n) is 11.6. The summed E-state index contributed by atoms with van der Waals surface area (Å²) in [5.41, 5.74) is 1.86. The van der Waals surface area contributed by atoms with Crippen LogP contribution < -0.4 is 5.32 Å². The highest BCUT2D eigenvalue weighted by Crippen LogP contribution is 2.66. The summed E-state index contributed by atoms with van der Waals surface area (Å²) in [6, 6.07) is 10.9. The minimum Gasteiger partial charge on any atom is -0.393 e. The minimum atomic E-state index is -0.211. The number of fused-ring (bicyclic) bond motifs is 5. The number of hydrogen-bond donors (Lipinski definition) is 3. The van der Waals surface area contributed by atoms with Crippen molar-refractivity contribution in [3.05, 3.63) is 35.9 Å². The van der Waals surface area contributed by atoms with E-state index in [-0.39, 0.29) is 23.7 Å². The quantitative estimate of drug-likeness (QED) is 0.681. The van der Waals surface area contributed by atoms with Gasteiger partial charge in [0.1, 0.15) is 0 Å². The van der Waals surface area contributed by atoms with Crippen molar-refractivity contribution in [3.63, 3.8) is 0 Å². The van der Waals surface area contributed by atoms with Crippen LogP contribution in [0.4, 0.5) is 0 Å². The highest BCUT2D eigenvalue weighted by Gasteiger charge is 2.60. The number of rotatable bonds is 4. The van der Waals surface area contributed by atoms with Gasteiger partial charge in [-0.25, -0.2) is 0 Å². The summed E-state index contributed by atoms with van der Waals surface area (Å²) in [6.07, 6.45) is 10.1. The fourth-order valence-corrected chi connectivity index (χ4v) is 8.53. The van der Waals surface area contributed by atoms with E-state index in [2.05, 4.69) is 49.5 Å². The summed E-state index contributed by atoms with van der Waals surface area (Å²) in [6.45, 7) is 5.87. The van der Waals surface area contributed by atoms with Crippen molar-refractivity contribution < 1.29 is 10.2 Å². The zero-order valence-electron chi connectivity index (χ0n) is 18.9. The van der Waals surface area contributed by atoms with Gasteiger partial charge in [-0.15, -0.1) is 0 Å². The summed E-state index contributed by atoms with van der Waals surface area (Å²) in [5.74, 6) is 2.92. The monoisotopic (exact) mass is 411 g/mol. The van der Waals surface area contributed by atoms with Gasteiger partial charge in [0.2, 0.25) is 0 Å². The average Bonchev–Trinajstić information content (AvgIpc) is 3.04. The molecule has 0 radical (unpaired) electrons. The zero-order chi connectivity index (χ0) is 20.9. The summed E-state index contributed by atoms with van der Waals surface area (Å²) in [4.78, 5) is 0. The maximum absolute atomic E-state index is 10.9. The molecule has 3 nitrogen and oxygen atoms in total. The molecule has 0 heterocycles. The lowest BCUT2D eigenvalue weighted by molar-refractivity contribution is -0.140. The van der Waals surface area contributed by atoms with E-state index in [1.165, 1.54) is 37.7 Å². The summed E-state index contributed by atoms with van der Waals surface area (Å²) < 4.78 is 0. The largest absolute Gasteiger partial charge is 0.393 e. The molecule has 5 rings (SSSR count). The SMILES string of the molecule is C[C@]12C[C@H](NCCc3ccccc3)[C@@H](O)C[C@@H]1CC[C@@H]1[C@@H]2CC[C@]2(C)[C@@H](O)CC[C@@H]12. The van der Waals surface area contributed by atoms with Crippen LogP contribution in [0.15, 0.2) is 30.3 Å². The molecule has 3 N–H and O–H groups in total. The molecule has 4 fully saturated rings. The Kier molecular flexibility index (Phi) is 5.52. The molecule has 4 aliphatic carbocycles. The number of hydrogen-bond acceptors (Lipinski definition) is 3. The van der Waals surface area contributed by atoms with Crippen molar-refractivity contribution in [2.75, 3.05) is 6.54 Å². The Balaban J connectivity index is 1.29. The standard InChI is InChI=1S/C27H41NO2/c1-26-14-12-22-20(21(26)10-11-25(26)30)9-8-19-16-24(29)23(17-27(19,22)2)28-15-13-18-6-4-3-5-7-18/h3-7,19-25,28-30H,8-17H2,1-2H3/t19-,20-,21-,22-,23-,24-,25-,26-,27-/m0/s1. The molecule has 4 saturated carbocycles. The first-order chi connectivity index (χ1) is 14.4. The maximum atomic E-state index is 10.9. The van der Waals surface area contributed by atoms with Gasteiger partial charge in [-0.1, -0.05) is 44.2 Å². The first kappa shape index (κ1) is 21.0. The van der Waals surface area contributed by atoms with Crippen LogP contribution in [-0.4, -0.2) is 35.0 Å². The number of aliphatic hydroxyl groups is 2. The lowest BCUT2D eigenvalue weighted by atomic mass is 9.44. The minimum absolute atomic E-state index is 0.0884. The number of aliphatic hydroxyl groups excluding tert-OH is 2. The highest BCUT2D eigenvalue weighted by atomic mass is 16.3. The molecule has 0 aliphatic heterocycles. The van der Waals surface area contributed by atoms with Crippen LogP contribution in [0.2, 0.25) is 0 Å². The van der Waals surface area contributed by atoms with Gasteiger partial charge in [0, 0.05) is 6.04 Å². The third-order valence-corrected chi connectivity index (χ3v) is 10.3. The van der Waals surface area contributed by atoms with Crippen LogP contribution in [-0.2, 0) is 6.42 Å². The molecule has 9 atom stereocenters. The Morgan fingerprint density at radius 1 is 0.933 bits per heavy atom. The molecule has 4 aliphatic rings. The summed E-state index contributed by atoms with van der Waals surface area (Å²) in [5, 5.41) is 25.4. The molecule has 1 aromatic rings. The lowest BCUT2D eigenvalue weighted by Gasteiger charge is -2.61. The van der Waals surface area contributed by atoms with E-state index >= 15 is 0 Å². The first-order valence-electron chi connectivity index (χ1n) is 12.6. The second kappa shape index (κ2) is 7.90. The van der Waals surface area contributed by atoms with Gasteiger partial charge in [-0.05, 0) is 104 Å². The molecule has 30 heavy (non-hydrogen) atoms. The summed E-state index contributed by atoms with van der Waals surface area (Å²) >= 11 is 0. The van der Waals surface area contributed by atoms with Crippen LogP contribution >= 0.6 is 0 Å². The molecule has 0 saturated heterocycles. The van der Waals surface area contributed by atoms with Crippen LogP contribution in [0.3, 0.4) is 0 Å². The van der Waals surface area contributed by atoms with Gasteiger partial charge in [0.25, 0.3) is 0 Å². The highest BCUT2D eigenvalue weighted by molar-refractivity contribution is 5.15. The van der Waals surface area contributed by atoms with E-state index in [1.807, 2.05) is 0 Å². The van der Waals surface area contributed by atoms with Crippen LogP contribution in [0.5, 0.6) is 0 Å². The van der Waals surface area contributed by atoms with E-state index in [1.54, 1.807) is 0 Å². The first-order valence-corrected chi connectivity index (χ1v) is 12.6. The van der Waals surface area contributed by atoms with Gasteiger partial charge >= 0.3 is 0 Å². The Labute approximate surface area is 182 Å². The predicted octanol–water partition coefficient (Wildman–Crippen LogP) is 4.56. The average molecular weight is 412 g/mol. The van der Waals surface area contributed by atoms with E-state index in [0.717, 1.165) is 44.1 Å². The molecule has 1 aromatic carbocycles. The van der Waals surface area contributed by atoms with E-state index in [9.17, 15) is 10.2 Å². The molecule has 0 bridgehead atoms. The predicted molar refractivity (Wildman–Crippen MR) is 121 cm³/mol. The molecular formula is C27H41NO2. The van der Waals surface area contributed by atoms with Crippen molar-refractivity contribution >= 4 is 0 Å². The third kappa shape index (κ3) is 3.36. The lowest BCUT2D eigenvalue weighted by Crippen LogP contribution is -2.59. The molecule has 0 aromatic heterocycles. The van der Waals surface area contributed by atoms with Gasteiger partial charge < -0.3 is 15.5 Å². The van der Waals surface area contributed by atoms with Crippen LogP contribution in [0.1, 0.15) is 70.8 Å². The maximum Gasteiger partial charge on any atom is 0.0696 e. The van der Waals surface area contributed by atoms with Gasteiger partial charge in [-0.3, -0.25) is 0 Å². The van der Waals surface area contributed by atoms with Crippen molar-refractivity contribution in [2.24, 2.45) is 34.5 Å². The van der Waals surface area contributed by atoms with Crippen molar-refractivity contribution in [3.8, 4) is 0 Å². The van der Waals surface area contributed by atoms with Gasteiger partial charge in [-0.2, -0.15) is 0 Å². The second-order valence-corrected chi connectivity index (χ2v) is 11.6. The van der Waals surface area contributed by atoms with Crippen LogP contribution in [0.25, 0.3) is 0 Å². The van der Waals surface area contributed by atoms with Crippen molar-refractivity contribution in [1.29, 1.82) is 0 Å². The fraction of sp³-hybridized carbons (Fsp3) is 0.778. The molecule has 166 valence electrons. The van der Waals surface area contributed by atoms with E-state index < -0.39 is 0 Å².